The summed E-state index contributed by atoms with van der Waals surface area (Å²) in [5.74, 6) is 0.674. The standard InChI is InChI=1S/C39H52O4/c40-28-31-18-17-29(25-31)11-4-1-2-5-13-32-14-6-7-16-37(38(42)43)39(23-8-3-9-24-39)34-15-10-12-30(26-34)27-36(32)33-19-21-35(41)22-20-33/h6-7,10,12,15,19-22,25-26,29,32,36-37,40-41H,1-5,8-9,11,13-14,16-18,23-24,27-28H2,(H,42,43)/b7-6+/t29-,32-,36-,37-/m0/s1. The van der Waals surface area contributed by atoms with Gasteiger partial charge in [-0.05, 0) is 110 Å². The van der Waals surface area contributed by atoms with Crippen molar-refractivity contribution in [3.8, 4) is 5.75 Å². The van der Waals surface area contributed by atoms with E-state index < -0.39 is 11.9 Å². The number of phenols is 1. The van der Waals surface area contributed by atoms with Gasteiger partial charge in [-0.15, -0.1) is 0 Å². The molecule has 5 rings (SSSR count). The van der Waals surface area contributed by atoms with E-state index in [0.29, 0.717) is 29.9 Å². The van der Waals surface area contributed by atoms with Crippen LogP contribution in [0.1, 0.15) is 119 Å². The summed E-state index contributed by atoms with van der Waals surface area (Å²) in [4.78, 5) is 12.7. The Morgan fingerprint density at radius 2 is 1.63 bits per heavy atom. The number of phenolic OH excluding ortho intramolecular Hbond substituents is 1. The van der Waals surface area contributed by atoms with E-state index in [-0.39, 0.29) is 12.0 Å². The van der Waals surface area contributed by atoms with Gasteiger partial charge in [0.1, 0.15) is 5.75 Å². The zero-order valence-electron chi connectivity index (χ0n) is 25.9. The molecule has 0 aliphatic heterocycles. The van der Waals surface area contributed by atoms with Gasteiger partial charge < -0.3 is 15.3 Å². The van der Waals surface area contributed by atoms with Crippen molar-refractivity contribution in [3.63, 3.8) is 0 Å². The fourth-order valence-corrected chi connectivity index (χ4v) is 8.51. The first-order valence-corrected chi connectivity index (χ1v) is 17.0. The number of fused-ring (bicyclic) bond motifs is 3. The van der Waals surface area contributed by atoms with Crippen LogP contribution < -0.4 is 0 Å². The summed E-state index contributed by atoms with van der Waals surface area (Å²) in [5.41, 5.74) is 4.71. The quantitative estimate of drug-likeness (QED) is 0.192. The molecule has 1 spiro atoms. The molecule has 3 N–H and O–H groups in total. The minimum absolute atomic E-state index is 0.219. The molecule has 2 aromatic rings. The third-order valence-electron chi connectivity index (χ3n) is 10.9. The Labute approximate surface area is 258 Å². The first kappa shape index (κ1) is 31.6. The number of hydrogen-bond acceptors (Lipinski definition) is 3. The first-order chi connectivity index (χ1) is 21.0. The number of carboxylic acids is 1. The Morgan fingerprint density at radius 3 is 2.35 bits per heavy atom. The van der Waals surface area contributed by atoms with Gasteiger partial charge in [-0.25, -0.2) is 0 Å². The van der Waals surface area contributed by atoms with Crippen molar-refractivity contribution < 1.29 is 20.1 Å². The summed E-state index contributed by atoms with van der Waals surface area (Å²) < 4.78 is 0. The van der Waals surface area contributed by atoms with Crippen LogP contribution in [-0.4, -0.2) is 27.9 Å². The molecule has 0 saturated heterocycles. The number of benzene rings is 2. The maximum absolute atomic E-state index is 12.7. The zero-order chi connectivity index (χ0) is 30.1. The van der Waals surface area contributed by atoms with Gasteiger partial charge in [0.05, 0.1) is 12.5 Å². The highest BCUT2D eigenvalue weighted by molar-refractivity contribution is 5.73. The lowest BCUT2D eigenvalue weighted by Crippen LogP contribution is -2.41. The summed E-state index contributed by atoms with van der Waals surface area (Å²) in [6.45, 7) is 0.219. The molecule has 0 amide bonds. The smallest absolute Gasteiger partial charge is 0.307 e. The molecule has 1 saturated carbocycles. The van der Waals surface area contributed by atoms with Gasteiger partial charge in [0.15, 0.2) is 0 Å². The van der Waals surface area contributed by atoms with Crippen molar-refractivity contribution in [2.24, 2.45) is 17.8 Å². The van der Waals surface area contributed by atoms with E-state index in [1.807, 2.05) is 12.1 Å². The molecule has 4 atom stereocenters. The Bertz CT molecular complexity index is 1240. The molecule has 4 heteroatoms. The van der Waals surface area contributed by atoms with Crippen molar-refractivity contribution >= 4 is 5.97 Å². The number of rotatable bonds is 10. The van der Waals surface area contributed by atoms with E-state index in [4.69, 9.17) is 0 Å². The van der Waals surface area contributed by atoms with Gasteiger partial charge in [0.25, 0.3) is 0 Å². The van der Waals surface area contributed by atoms with E-state index in [2.05, 4.69) is 54.6 Å². The van der Waals surface area contributed by atoms with Gasteiger partial charge in [0, 0.05) is 5.41 Å². The van der Waals surface area contributed by atoms with Crippen LogP contribution in [0.2, 0.25) is 0 Å². The van der Waals surface area contributed by atoms with E-state index in [1.54, 1.807) is 0 Å². The van der Waals surface area contributed by atoms with Crippen molar-refractivity contribution in [3.05, 3.63) is 89.0 Å². The SMILES string of the molecule is O=C(O)[C@@H]1C/C=C/C[C@H](CCCCCC[C@@H]2C=C(CO)CC2)[C@@H](c2ccc(O)cc2)Cc2cccc(c2)C12CCCCC2. The Morgan fingerprint density at radius 1 is 0.884 bits per heavy atom. The number of aromatic hydroxyl groups is 1. The van der Waals surface area contributed by atoms with Crippen LogP contribution >= 0.6 is 0 Å². The van der Waals surface area contributed by atoms with E-state index >= 15 is 0 Å². The summed E-state index contributed by atoms with van der Waals surface area (Å²) in [6.07, 6.45) is 24.0. The van der Waals surface area contributed by atoms with Crippen LogP contribution in [0.4, 0.5) is 0 Å². The van der Waals surface area contributed by atoms with Crippen LogP contribution in [0.5, 0.6) is 5.75 Å². The largest absolute Gasteiger partial charge is 0.508 e. The topological polar surface area (TPSA) is 77.8 Å². The summed E-state index contributed by atoms with van der Waals surface area (Å²) in [5, 5.41) is 29.9. The summed E-state index contributed by atoms with van der Waals surface area (Å²) in [6, 6.07) is 16.8. The molecule has 1 fully saturated rings. The lowest BCUT2D eigenvalue weighted by atomic mass is 9.60. The number of carbonyl (C=O) groups is 1. The van der Waals surface area contributed by atoms with Gasteiger partial charge in [-0.1, -0.05) is 99.6 Å². The van der Waals surface area contributed by atoms with Crippen LogP contribution in [0.3, 0.4) is 0 Å². The highest BCUT2D eigenvalue weighted by atomic mass is 16.4. The maximum atomic E-state index is 12.7. The van der Waals surface area contributed by atoms with Gasteiger partial charge >= 0.3 is 5.97 Å². The summed E-state index contributed by atoms with van der Waals surface area (Å²) >= 11 is 0. The third kappa shape index (κ3) is 8.01. The highest BCUT2D eigenvalue weighted by Gasteiger charge is 2.44. The van der Waals surface area contributed by atoms with Gasteiger partial charge in [0.2, 0.25) is 0 Å². The molecular weight excluding hydrogens is 532 g/mol. The van der Waals surface area contributed by atoms with Crippen LogP contribution in [0.15, 0.2) is 72.3 Å². The first-order valence-electron chi connectivity index (χ1n) is 17.0. The molecule has 2 bridgehead atoms. The number of aliphatic hydroxyl groups excluding tert-OH is 1. The molecule has 0 aromatic heterocycles. The second-order valence-corrected chi connectivity index (χ2v) is 13.7. The average Bonchev–Trinajstić information content (AvgIpc) is 3.49. The average molecular weight is 585 g/mol. The molecule has 0 radical (unpaired) electrons. The number of aliphatic carboxylic acids is 1. The minimum Gasteiger partial charge on any atom is -0.508 e. The Kier molecular flexibility index (Phi) is 11.2. The normalized spacial score (nSPS) is 26.3. The molecule has 0 heterocycles. The van der Waals surface area contributed by atoms with Crippen molar-refractivity contribution in [1.82, 2.24) is 0 Å². The minimum atomic E-state index is -0.659. The molecule has 232 valence electrons. The lowest BCUT2D eigenvalue weighted by molar-refractivity contribution is -0.145. The lowest BCUT2D eigenvalue weighted by Gasteiger charge is -2.42. The number of allylic oxidation sites excluding steroid dienone is 3. The molecule has 3 aliphatic rings. The monoisotopic (exact) mass is 584 g/mol. The Balaban J connectivity index is 1.34. The second-order valence-electron chi connectivity index (χ2n) is 13.7. The van der Waals surface area contributed by atoms with Crippen LogP contribution in [0.25, 0.3) is 0 Å². The zero-order valence-corrected chi connectivity index (χ0v) is 25.9. The maximum Gasteiger partial charge on any atom is 0.307 e. The second kappa shape index (κ2) is 15.2. The molecule has 0 unspecified atom stereocenters. The summed E-state index contributed by atoms with van der Waals surface area (Å²) in [7, 11) is 0. The van der Waals surface area contributed by atoms with Crippen LogP contribution in [0, 0.1) is 17.8 Å². The van der Waals surface area contributed by atoms with Crippen LogP contribution in [-0.2, 0) is 16.6 Å². The molecule has 2 aromatic carbocycles. The highest BCUT2D eigenvalue weighted by Crippen LogP contribution is 2.48. The van der Waals surface area contributed by atoms with E-state index in [0.717, 1.165) is 51.4 Å². The predicted octanol–water partition coefficient (Wildman–Crippen LogP) is 9.26. The van der Waals surface area contributed by atoms with Crippen molar-refractivity contribution in [2.75, 3.05) is 6.61 Å². The van der Waals surface area contributed by atoms with Crippen molar-refractivity contribution in [2.45, 2.75) is 114 Å². The molecule has 43 heavy (non-hydrogen) atoms. The fourth-order valence-electron chi connectivity index (χ4n) is 8.51. The number of hydrogen-bond donors (Lipinski definition) is 3. The van der Waals surface area contributed by atoms with Gasteiger partial charge in [-0.3, -0.25) is 4.79 Å². The number of aliphatic hydroxyl groups is 1. The fraction of sp³-hybridized carbons (Fsp3) is 0.564. The van der Waals surface area contributed by atoms with E-state index in [9.17, 15) is 20.1 Å². The predicted molar refractivity (Wildman–Crippen MR) is 174 cm³/mol. The van der Waals surface area contributed by atoms with E-state index in [1.165, 1.54) is 67.2 Å². The number of unbranched alkanes of at least 4 members (excludes halogenated alkanes) is 3. The third-order valence-corrected chi connectivity index (χ3v) is 10.9. The van der Waals surface area contributed by atoms with Crippen molar-refractivity contribution in [1.29, 1.82) is 0 Å². The number of carboxylic acid groups (broad SMARTS) is 1. The van der Waals surface area contributed by atoms with Gasteiger partial charge in [-0.2, -0.15) is 0 Å². The molecular formula is C39H52O4. The molecule has 3 aliphatic carbocycles. The Hall–Kier alpha value is -2.85. The molecule has 4 nitrogen and oxygen atoms in total.